The minimum absolute atomic E-state index is 0.0978. The summed E-state index contributed by atoms with van der Waals surface area (Å²) in [6, 6.07) is 6.20. The average Bonchev–Trinajstić information content (AvgIpc) is 3.62. The predicted octanol–water partition coefficient (Wildman–Crippen LogP) is 7.94. The van der Waals surface area contributed by atoms with Crippen LogP contribution in [0, 0.1) is 5.92 Å². The summed E-state index contributed by atoms with van der Waals surface area (Å²) >= 11 is 0. The summed E-state index contributed by atoms with van der Waals surface area (Å²) in [6.45, 7) is 5.70. The van der Waals surface area contributed by atoms with Gasteiger partial charge in [-0.1, -0.05) is 17.9 Å². The largest absolute Gasteiger partial charge is 0.416 e. The molecule has 2 aliphatic carbocycles. The number of benzene rings is 2. The van der Waals surface area contributed by atoms with E-state index < -0.39 is 23.5 Å². The van der Waals surface area contributed by atoms with Gasteiger partial charge in [0, 0.05) is 42.9 Å². The fourth-order valence-electron chi connectivity index (χ4n) is 6.72. The molecule has 0 radical (unpaired) electrons. The topological polar surface area (TPSA) is 41.6 Å². The molecule has 1 fully saturated rings. The Hall–Kier alpha value is -3.01. The van der Waals surface area contributed by atoms with Gasteiger partial charge < -0.3 is 10.6 Å². The molecule has 41 heavy (non-hydrogen) atoms. The number of allylic oxidation sites excluding steroid dienone is 1. The molecule has 1 saturated carbocycles. The first-order chi connectivity index (χ1) is 19.3. The van der Waals surface area contributed by atoms with Crippen molar-refractivity contribution in [2.75, 3.05) is 18.0 Å². The molecule has 1 aliphatic heterocycles. The van der Waals surface area contributed by atoms with Gasteiger partial charge in [0.1, 0.15) is 18.8 Å². The molecule has 10 heteroatoms. The van der Waals surface area contributed by atoms with Crippen molar-refractivity contribution in [3.05, 3.63) is 75.5 Å². The van der Waals surface area contributed by atoms with Crippen molar-refractivity contribution in [2.24, 2.45) is 16.8 Å². The number of rotatable bonds is 8. The van der Waals surface area contributed by atoms with Gasteiger partial charge >= 0.3 is 12.4 Å². The summed E-state index contributed by atoms with van der Waals surface area (Å²) in [5, 5.41) is 4.66. The number of aryl methyl sites for hydroxylation is 2. The molecule has 0 amide bonds. The third kappa shape index (κ3) is 6.27. The molecule has 4 nitrogen and oxygen atoms in total. The van der Waals surface area contributed by atoms with Gasteiger partial charge in [0.25, 0.3) is 0 Å². The first-order valence-electron chi connectivity index (χ1n) is 14.4. The molecular weight excluding hydrogens is 542 g/mol. The summed E-state index contributed by atoms with van der Waals surface area (Å²) in [4.78, 5) is 2.38. The molecule has 0 saturated heterocycles. The van der Waals surface area contributed by atoms with Gasteiger partial charge in [-0.25, -0.2) is 0 Å². The van der Waals surface area contributed by atoms with Crippen LogP contribution >= 0.6 is 0 Å². The lowest BCUT2D eigenvalue weighted by atomic mass is 9.99. The monoisotopic (exact) mass is 579 g/mol. The summed E-state index contributed by atoms with van der Waals surface area (Å²) in [5.41, 5.74) is 8.64. The van der Waals surface area contributed by atoms with Gasteiger partial charge in [0.05, 0.1) is 11.1 Å². The molecule has 0 spiro atoms. The van der Waals surface area contributed by atoms with Crippen LogP contribution in [0.5, 0.6) is 0 Å². The molecule has 0 bridgehead atoms. The zero-order chi connectivity index (χ0) is 29.6. The maximum atomic E-state index is 13.7. The van der Waals surface area contributed by atoms with Crippen molar-refractivity contribution < 1.29 is 30.9 Å². The van der Waals surface area contributed by atoms with E-state index in [1.54, 1.807) is 13.0 Å². The van der Waals surface area contributed by atoms with Crippen LogP contribution in [0.4, 0.5) is 32.0 Å². The molecule has 1 atom stereocenters. The first kappa shape index (κ1) is 29.5. The molecule has 3 aliphatic rings. The van der Waals surface area contributed by atoms with Crippen LogP contribution in [0.1, 0.15) is 79.3 Å². The van der Waals surface area contributed by atoms with Crippen molar-refractivity contribution in [3.63, 3.8) is 0 Å². The number of anilines is 1. The van der Waals surface area contributed by atoms with E-state index in [2.05, 4.69) is 29.1 Å². The number of hydrogen-bond donors (Lipinski definition) is 1. The van der Waals surface area contributed by atoms with Crippen molar-refractivity contribution in [3.8, 4) is 0 Å². The second-order valence-corrected chi connectivity index (χ2v) is 11.8. The second kappa shape index (κ2) is 11.0. The Bertz CT molecular complexity index is 1320. The first-order valence-corrected chi connectivity index (χ1v) is 14.4. The van der Waals surface area contributed by atoms with E-state index >= 15 is 0 Å². The molecule has 5 rings (SSSR count). The Morgan fingerprint density at radius 3 is 2.02 bits per heavy atom. The van der Waals surface area contributed by atoms with Gasteiger partial charge in [0.15, 0.2) is 5.84 Å². The smallest absolute Gasteiger partial charge is 0.379 e. The lowest BCUT2D eigenvalue weighted by Crippen LogP contribution is -2.39. The Labute approximate surface area is 237 Å². The van der Waals surface area contributed by atoms with E-state index in [-0.39, 0.29) is 35.1 Å². The van der Waals surface area contributed by atoms with Gasteiger partial charge in [-0.3, -0.25) is 0 Å². The van der Waals surface area contributed by atoms with Crippen LogP contribution in [0.3, 0.4) is 0 Å². The minimum atomic E-state index is -4.92. The highest BCUT2D eigenvalue weighted by Crippen LogP contribution is 2.41. The predicted molar refractivity (Wildman–Crippen MR) is 148 cm³/mol. The Morgan fingerprint density at radius 1 is 0.878 bits per heavy atom. The lowest BCUT2D eigenvalue weighted by molar-refractivity contribution is -0.922. The van der Waals surface area contributed by atoms with Crippen molar-refractivity contribution in [2.45, 2.75) is 84.2 Å². The fourth-order valence-corrected chi connectivity index (χ4v) is 6.72. The Balaban J connectivity index is 1.58. The highest BCUT2D eigenvalue weighted by atomic mass is 19.4. The van der Waals surface area contributed by atoms with Crippen LogP contribution < -0.4 is 10.6 Å². The lowest BCUT2D eigenvalue weighted by Gasteiger charge is -2.34. The molecule has 222 valence electrons. The number of amidine groups is 1. The zero-order valence-electron chi connectivity index (χ0n) is 23.5. The minimum Gasteiger partial charge on any atom is -0.379 e. The maximum Gasteiger partial charge on any atom is 0.416 e. The van der Waals surface area contributed by atoms with E-state index in [1.807, 2.05) is 0 Å². The van der Waals surface area contributed by atoms with Gasteiger partial charge in [-0.2, -0.15) is 30.9 Å². The maximum absolute atomic E-state index is 13.7. The van der Waals surface area contributed by atoms with Crippen LogP contribution in [-0.4, -0.2) is 23.5 Å². The number of nitrogens with two attached hydrogens (primary N) is 1. The van der Waals surface area contributed by atoms with Gasteiger partial charge in [0.2, 0.25) is 0 Å². The van der Waals surface area contributed by atoms with Crippen LogP contribution in [0.25, 0.3) is 0 Å². The van der Waals surface area contributed by atoms with Crippen LogP contribution in [-0.2, 0) is 38.3 Å². The Kier molecular flexibility index (Phi) is 7.91. The van der Waals surface area contributed by atoms with E-state index in [0.717, 1.165) is 55.7 Å². The molecular formula is C31H37F6N4+. The Morgan fingerprint density at radius 2 is 1.49 bits per heavy atom. The van der Waals surface area contributed by atoms with E-state index in [4.69, 9.17) is 5.73 Å². The molecule has 1 heterocycles. The quantitative estimate of drug-likeness (QED) is 0.255. The number of fused-ring (bicyclic) bond motifs is 1. The molecule has 2 aromatic rings. The molecule has 2 aromatic carbocycles. The third-order valence-corrected chi connectivity index (χ3v) is 8.81. The summed E-state index contributed by atoms with van der Waals surface area (Å²) in [5.74, 6) is 0.804. The SMILES string of the molecule is CCN(CC1CCCC1)c1cc2c(cc1C[N+]1(Cc3cc(C(F)(F)F)cc(C(F)(F)F)c3)N=C(N)C=C1C)CCC2. The van der Waals surface area contributed by atoms with Crippen molar-refractivity contribution in [1.29, 1.82) is 0 Å². The molecule has 1 unspecified atom stereocenters. The summed E-state index contributed by atoms with van der Waals surface area (Å²) in [6.07, 6.45) is -0.349. The van der Waals surface area contributed by atoms with Crippen LogP contribution in [0.15, 0.2) is 47.2 Å². The number of halogens is 6. The third-order valence-electron chi connectivity index (χ3n) is 8.81. The number of hydrogen-bond acceptors (Lipinski definition) is 3. The second-order valence-electron chi connectivity index (χ2n) is 11.8. The average molecular weight is 580 g/mol. The van der Waals surface area contributed by atoms with Gasteiger partial charge in [-0.15, -0.1) is 0 Å². The van der Waals surface area contributed by atoms with E-state index in [0.29, 0.717) is 11.6 Å². The molecule has 0 aromatic heterocycles. The fraction of sp³-hybridized carbons (Fsp3) is 0.516. The number of nitrogens with zero attached hydrogens (tertiary/aromatic N) is 3. The zero-order valence-corrected chi connectivity index (χ0v) is 23.5. The highest BCUT2D eigenvalue weighted by molar-refractivity contribution is 5.92. The van der Waals surface area contributed by atoms with Crippen molar-refractivity contribution in [1.82, 2.24) is 0 Å². The van der Waals surface area contributed by atoms with E-state index in [9.17, 15) is 26.3 Å². The highest BCUT2D eigenvalue weighted by Gasteiger charge is 2.41. The van der Waals surface area contributed by atoms with Crippen LogP contribution in [0.2, 0.25) is 0 Å². The van der Waals surface area contributed by atoms with Gasteiger partial charge in [-0.05, 0) is 86.4 Å². The normalized spacial score (nSPS) is 21.3. The number of alkyl halides is 6. The summed E-state index contributed by atoms with van der Waals surface area (Å²) in [7, 11) is 0. The van der Waals surface area contributed by atoms with Crippen molar-refractivity contribution >= 4 is 11.5 Å². The number of quaternary nitrogens is 1. The standard InChI is InChI=1S/C31H37F6N4/c1-3-40(17-21-7-4-5-8-21)28-15-24-10-6-9-23(24)14-25(28)19-41(20(2)11-29(38)39-41)18-22-12-26(30(32,33)34)16-27(13-22)31(35,36)37/h11-16,21H,3-10,17-19H2,1-2H3,(H2,38,39)/q+1. The summed E-state index contributed by atoms with van der Waals surface area (Å²) < 4.78 is 81.8. The van der Waals surface area contributed by atoms with E-state index in [1.165, 1.54) is 36.8 Å². The molecule has 2 N–H and O–H groups in total.